The molecule has 1 aromatic carbocycles. The molecule has 0 saturated carbocycles. The van der Waals surface area contributed by atoms with Gasteiger partial charge < -0.3 is 5.32 Å². The molecule has 0 aliphatic carbocycles. The number of thioether (sulfide) groups is 1. The number of nitrogens with one attached hydrogen (secondary N) is 1. The first kappa shape index (κ1) is 14.2. The van der Waals surface area contributed by atoms with Gasteiger partial charge in [-0.1, -0.05) is 18.2 Å². The zero-order chi connectivity index (χ0) is 13.9. The van der Waals surface area contributed by atoms with Crippen molar-refractivity contribution in [3.05, 3.63) is 50.6 Å². The van der Waals surface area contributed by atoms with E-state index in [1.165, 1.54) is 15.3 Å². The highest BCUT2D eigenvalue weighted by atomic mass is 79.9. The predicted molar refractivity (Wildman–Crippen MR) is 88.5 cm³/mol. The summed E-state index contributed by atoms with van der Waals surface area (Å²) >= 11 is 6.85. The van der Waals surface area contributed by atoms with Gasteiger partial charge in [-0.3, -0.25) is 4.79 Å². The Kier molecular flexibility index (Phi) is 4.48. The van der Waals surface area contributed by atoms with Crippen LogP contribution in [0.1, 0.15) is 10.4 Å². The Labute approximate surface area is 135 Å². The summed E-state index contributed by atoms with van der Waals surface area (Å²) in [6.45, 7) is 0.708. The molecule has 104 valence electrons. The van der Waals surface area contributed by atoms with E-state index in [0.29, 0.717) is 6.54 Å². The first-order valence-electron chi connectivity index (χ1n) is 6.49. The Morgan fingerprint density at radius 1 is 1.30 bits per heavy atom. The summed E-state index contributed by atoms with van der Waals surface area (Å²) in [6.07, 6.45) is 1.74. The van der Waals surface area contributed by atoms with Gasteiger partial charge in [-0.15, -0.1) is 23.1 Å². The molecule has 1 unspecified atom stereocenters. The minimum atomic E-state index is 0.0301. The fourth-order valence-electron chi connectivity index (χ4n) is 2.24. The minimum absolute atomic E-state index is 0.0301. The first-order chi connectivity index (χ1) is 9.72. The topological polar surface area (TPSA) is 29.1 Å². The largest absolute Gasteiger partial charge is 0.355 e. The lowest BCUT2D eigenvalue weighted by atomic mass is 10.1. The summed E-state index contributed by atoms with van der Waals surface area (Å²) in [5.41, 5.74) is 1.29. The van der Waals surface area contributed by atoms with Crippen LogP contribution in [0.4, 0.5) is 0 Å². The molecule has 0 radical (unpaired) electrons. The average molecular weight is 368 g/mol. The first-order valence-corrected chi connectivity index (χ1v) is 8.98. The molecule has 2 heterocycles. The molecule has 1 amide bonds. The van der Waals surface area contributed by atoms with Crippen LogP contribution in [0.2, 0.25) is 0 Å². The molecule has 20 heavy (non-hydrogen) atoms. The van der Waals surface area contributed by atoms with Crippen molar-refractivity contribution in [1.29, 1.82) is 0 Å². The Bertz CT molecular complexity index is 601. The minimum Gasteiger partial charge on any atom is -0.355 e. The predicted octanol–water partition coefficient (Wildman–Crippen LogP) is 3.89. The van der Waals surface area contributed by atoms with E-state index < -0.39 is 0 Å². The summed E-state index contributed by atoms with van der Waals surface area (Å²) in [4.78, 5) is 14.7. The van der Waals surface area contributed by atoms with Gasteiger partial charge in [0.2, 0.25) is 5.91 Å². The Morgan fingerprint density at radius 3 is 2.90 bits per heavy atom. The molecule has 3 rings (SSSR count). The van der Waals surface area contributed by atoms with Crippen LogP contribution < -0.4 is 5.32 Å². The third-order valence-corrected chi connectivity index (χ3v) is 6.24. The van der Waals surface area contributed by atoms with E-state index in [2.05, 4.69) is 39.4 Å². The van der Waals surface area contributed by atoms with Gasteiger partial charge in [0.1, 0.15) is 0 Å². The molecule has 2 nitrogen and oxygen atoms in total. The van der Waals surface area contributed by atoms with Crippen LogP contribution in [0.3, 0.4) is 0 Å². The van der Waals surface area contributed by atoms with Crippen LogP contribution >= 0.6 is 39.0 Å². The monoisotopic (exact) mass is 367 g/mol. The lowest BCUT2D eigenvalue weighted by molar-refractivity contribution is -0.120. The van der Waals surface area contributed by atoms with Crippen molar-refractivity contribution < 1.29 is 4.79 Å². The Hall–Kier alpha value is -0.780. The highest BCUT2D eigenvalue weighted by molar-refractivity contribution is 9.11. The summed E-state index contributed by atoms with van der Waals surface area (Å²) in [5.74, 6) is 0.154. The van der Waals surface area contributed by atoms with Gasteiger partial charge >= 0.3 is 0 Å². The summed E-state index contributed by atoms with van der Waals surface area (Å²) in [7, 11) is 0. The highest BCUT2D eigenvalue weighted by Crippen LogP contribution is 2.36. The van der Waals surface area contributed by atoms with Crippen molar-refractivity contribution >= 4 is 44.9 Å². The molecule has 1 N–H and O–H groups in total. The zero-order valence-corrected chi connectivity index (χ0v) is 14.0. The molecule has 1 aromatic heterocycles. The quantitative estimate of drug-likeness (QED) is 0.887. The molecule has 0 fully saturated rings. The number of halogens is 1. The smallest absolute Gasteiger partial charge is 0.233 e. The van der Waals surface area contributed by atoms with Gasteiger partial charge in [-0.2, -0.15) is 0 Å². The maximum atomic E-state index is 12.2. The lowest BCUT2D eigenvalue weighted by Crippen LogP contribution is -2.33. The van der Waals surface area contributed by atoms with Crippen molar-refractivity contribution in [3.8, 4) is 0 Å². The number of amides is 1. The number of hydrogen-bond acceptors (Lipinski definition) is 3. The number of rotatable bonds is 4. The van der Waals surface area contributed by atoms with Crippen LogP contribution in [0.5, 0.6) is 0 Å². The van der Waals surface area contributed by atoms with Gasteiger partial charge in [-0.05, 0) is 52.5 Å². The number of fused-ring (bicyclic) bond motifs is 1. The third-order valence-electron chi connectivity index (χ3n) is 3.24. The van der Waals surface area contributed by atoms with Crippen molar-refractivity contribution in [3.63, 3.8) is 0 Å². The van der Waals surface area contributed by atoms with Crippen LogP contribution in [-0.4, -0.2) is 17.7 Å². The normalized spacial score (nSPS) is 16.9. The van der Waals surface area contributed by atoms with Crippen molar-refractivity contribution in [1.82, 2.24) is 5.32 Å². The van der Waals surface area contributed by atoms with E-state index in [4.69, 9.17) is 0 Å². The van der Waals surface area contributed by atoms with Gasteiger partial charge in [0.15, 0.2) is 0 Å². The second-order valence-corrected chi connectivity index (χ2v) is 8.46. The summed E-state index contributed by atoms with van der Waals surface area (Å²) in [6, 6.07) is 12.4. The van der Waals surface area contributed by atoms with Crippen molar-refractivity contribution in [2.45, 2.75) is 23.0 Å². The van der Waals surface area contributed by atoms with Gasteiger partial charge in [-0.25, -0.2) is 0 Å². The van der Waals surface area contributed by atoms with Crippen LogP contribution in [0.15, 0.2) is 45.1 Å². The van der Waals surface area contributed by atoms with E-state index in [1.54, 1.807) is 23.1 Å². The number of carbonyl (C=O) groups is 1. The molecular weight excluding hydrogens is 354 g/mol. The molecule has 0 bridgehead atoms. The fourth-order valence-corrected chi connectivity index (χ4v) is 4.94. The van der Waals surface area contributed by atoms with Crippen molar-refractivity contribution in [2.75, 3.05) is 6.54 Å². The van der Waals surface area contributed by atoms with E-state index >= 15 is 0 Å². The summed E-state index contributed by atoms with van der Waals surface area (Å²) in [5, 5.41) is 3.08. The standard InChI is InChI=1S/C15H14BrNOS2/c16-14-6-5-11(19-14)7-8-17-15(18)13-9-10-3-1-2-4-12(10)20-13/h1-6,13H,7-9H2,(H,17,18). The van der Waals surface area contributed by atoms with Gasteiger partial charge in [0.25, 0.3) is 0 Å². The van der Waals surface area contributed by atoms with Crippen molar-refractivity contribution in [2.24, 2.45) is 0 Å². The SMILES string of the molecule is O=C(NCCc1ccc(Br)s1)C1Cc2ccccc2S1. The van der Waals surface area contributed by atoms with Gasteiger partial charge in [0, 0.05) is 16.3 Å². The lowest BCUT2D eigenvalue weighted by Gasteiger charge is -2.09. The maximum absolute atomic E-state index is 12.2. The fraction of sp³-hybridized carbons (Fsp3) is 0.267. The van der Waals surface area contributed by atoms with Crippen LogP contribution in [0, 0.1) is 0 Å². The highest BCUT2D eigenvalue weighted by Gasteiger charge is 2.27. The molecule has 0 spiro atoms. The van der Waals surface area contributed by atoms with E-state index in [0.717, 1.165) is 16.6 Å². The number of hydrogen-bond donors (Lipinski definition) is 1. The van der Waals surface area contributed by atoms with E-state index in [9.17, 15) is 4.79 Å². The van der Waals surface area contributed by atoms with E-state index in [-0.39, 0.29) is 11.2 Å². The van der Waals surface area contributed by atoms with E-state index in [1.807, 2.05) is 18.2 Å². The molecule has 2 aromatic rings. The number of thiophene rings is 1. The molecular formula is C15H14BrNOS2. The molecule has 1 aliphatic heterocycles. The van der Waals surface area contributed by atoms with Crippen LogP contribution in [0.25, 0.3) is 0 Å². The zero-order valence-electron chi connectivity index (χ0n) is 10.8. The number of carbonyl (C=O) groups excluding carboxylic acids is 1. The molecule has 5 heteroatoms. The molecule has 0 saturated heterocycles. The molecule has 1 atom stereocenters. The van der Waals surface area contributed by atoms with Gasteiger partial charge in [0.05, 0.1) is 9.04 Å². The van der Waals surface area contributed by atoms with Crippen LogP contribution in [-0.2, 0) is 17.6 Å². The third kappa shape index (κ3) is 3.27. The maximum Gasteiger partial charge on any atom is 0.233 e. The average Bonchev–Trinajstić information content (AvgIpc) is 3.04. The second kappa shape index (κ2) is 6.33. The summed E-state index contributed by atoms with van der Waals surface area (Å²) < 4.78 is 1.14. The second-order valence-electron chi connectivity index (χ2n) is 4.67. The number of benzene rings is 1. The Morgan fingerprint density at radius 2 is 2.15 bits per heavy atom. The Balaban J connectivity index is 1.49. The molecule has 1 aliphatic rings.